The van der Waals surface area contributed by atoms with E-state index >= 15 is 0 Å². The monoisotopic (exact) mass is 352 g/mol. The number of carboxylic acids is 1. The highest BCUT2D eigenvalue weighted by Crippen LogP contribution is 2.39. The number of nitrogens with zero attached hydrogens (tertiary/aromatic N) is 2. The molecule has 2 heterocycles. The second-order valence-electron chi connectivity index (χ2n) is 4.87. The van der Waals surface area contributed by atoms with Crippen molar-refractivity contribution >= 4 is 17.5 Å². The number of alkyl halides is 3. The summed E-state index contributed by atoms with van der Waals surface area (Å²) in [7, 11) is 0. The summed E-state index contributed by atoms with van der Waals surface area (Å²) in [4.78, 5) is 13.0. The Balaban J connectivity index is 0.000000277. The summed E-state index contributed by atoms with van der Waals surface area (Å²) in [6, 6.07) is 9.61. The van der Waals surface area contributed by atoms with E-state index in [1.54, 1.807) is 0 Å². The summed E-state index contributed by atoms with van der Waals surface area (Å²) in [5.41, 5.74) is 13.9. The van der Waals surface area contributed by atoms with Crippen LogP contribution in [-0.4, -0.2) is 22.2 Å². The zero-order valence-electron chi connectivity index (χ0n) is 12.5. The molecule has 1 aromatic carbocycles. The molecule has 1 aromatic heterocycles. The maximum Gasteiger partial charge on any atom is 0.490 e. The molecule has 1 aliphatic rings. The molecule has 2 aromatic rings. The van der Waals surface area contributed by atoms with Crippen LogP contribution < -0.4 is 16.2 Å². The molecule has 0 amide bonds. The van der Waals surface area contributed by atoms with E-state index in [2.05, 4.69) is 4.98 Å². The summed E-state index contributed by atoms with van der Waals surface area (Å²) in [6.45, 7) is 0. The number of benzene rings is 1. The van der Waals surface area contributed by atoms with Gasteiger partial charge >= 0.3 is 12.1 Å². The summed E-state index contributed by atoms with van der Waals surface area (Å²) in [5, 5.41) is 16.1. The third kappa shape index (κ3) is 3.72. The largest absolute Gasteiger partial charge is 0.490 e. The van der Waals surface area contributed by atoms with Crippen molar-refractivity contribution in [1.82, 2.24) is 4.98 Å². The van der Waals surface area contributed by atoms with Crippen LogP contribution in [0.4, 0.5) is 24.7 Å². The summed E-state index contributed by atoms with van der Waals surface area (Å²) in [6.07, 6.45) is -4.49. The summed E-state index contributed by atoms with van der Waals surface area (Å²) in [5.74, 6) is -1.51. The third-order valence-electron chi connectivity index (χ3n) is 3.23. The smallest absolute Gasteiger partial charge is 0.475 e. The van der Waals surface area contributed by atoms with Crippen LogP contribution >= 0.6 is 0 Å². The van der Waals surface area contributed by atoms with Crippen LogP contribution in [0.5, 0.6) is 11.6 Å². The third-order valence-corrected chi connectivity index (χ3v) is 3.23. The number of anilines is 2. The maximum atomic E-state index is 10.6. The number of carboxylic acid groups (broad SMARTS) is 1. The number of aliphatic carboxylic acids is 1. The predicted molar refractivity (Wildman–Crippen MR) is 80.8 cm³/mol. The maximum absolute atomic E-state index is 10.6. The van der Waals surface area contributed by atoms with Crippen molar-refractivity contribution in [2.45, 2.75) is 12.6 Å². The number of rotatable bonds is 0. The van der Waals surface area contributed by atoms with Gasteiger partial charge in [0.15, 0.2) is 0 Å². The number of para-hydroxylation sites is 1. The standard InChI is InChI=1S/C13H10N4O.C2HF3O2/c14-6-9-11(15)8-5-7-3-1-2-4-10(7)18-13(8)17-12(9)16;3-2(4,5)1(6)7/h1-4H,5H2,(H4,15,16,17);(H,6,7). The first-order chi connectivity index (χ1) is 11.6. The number of nitrogens with two attached hydrogens (primary N) is 2. The molecule has 7 nitrogen and oxygen atoms in total. The number of pyridine rings is 1. The summed E-state index contributed by atoms with van der Waals surface area (Å²) < 4.78 is 37.4. The topological polar surface area (TPSA) is 135 Å². The van der Waals surface area contributed by atoms with Gasteiger partial charge in [0, 0.05) is 12.0 Å². The van der Waals surface area contributed by atoms with Gasteiger partial charge in [0.2, 0.25) is 5.88 Å². The van der Waals surface area contributed by atoms with Crippen LogP contribution in [0, 0.1) is 11.3 Å². The van der Waals surface area contributed by atoms with Gasteiger partial charge in [-0.25, -0.2) is 4.79 Å². The van der Waals surface area contributed by atoms with Crippen LogP contribution in [0.15, 0.2) is 24.3 Å². The molecule has 5 N–H and O–H groups in total. The SMILES string of the molecule is N#Cc1c(N)nc2c(c1N)Cc1ccccc1O2.O=C(O)C(F)(F)F. The molecule has 0 spiro atoms. The normalized spacial score (nSPS) is 11.8. The van der Waals surface area contributed by atoms with Gasteiger partial charge < -0.3 is 21.3 Å². The minimum Gasteiger partial charge on any atom is -0.475 e. The number of nitrogen functional groups attached to an aromatic ring is 2. The van der Waals surface area contributed by atoms with Gasteiger partial charge in [0.05, 0.1) is 5.69 Å². The lowest BCUT2D eigenvalue weighted by Crippen LogP contribution is -2.21. The molecule has 0 fully saturated rings. The first kappa shape index (κ1) is 17.9. The fourth-order valence-corrected chi connectivity index (χ4v) is 2.05. The highest BCUT2D eigenvalue weighted by molar-refractivity contribution is 5.73. The number of hydrogen-bond acceptors (Lipinski definition) is 6. The van der Waals surface area contributed by atoms with E-state index in [9.17, 15) is 13.2 Å². The van der Waals surface area contributed by atoms with Crippen molar-refractivity contribution in [2.24, 2.45) is 0 Å². The average molecular weight is 352 g/mol. The molecule has 0 aliphatic carbocycles. The van der Waals surface area contributed by atoms with Crippen LogP contribution in [0.1, 0.15) is 16.7 Å². The molecule has 0 saturated carbocycles. The van der Waals surface area contributed by atoms with E-state index in [1.165, 1.54) is 0 Å². The molecule has 0 saturated heterocycles. The minimum absolute atomic E-state index is 0.105. The van der Waals surface area contributed by atoms with Crippen LogP contribution in [0.3, 0.4) is 0 Å². The zero-order chi connectivity index (χ0) is 18.8. The number of fused-ring (bicyclic) bond motifs is 2. The lowest BCUT2D eigenvalue weighted by atomic mass is 9.99. The fraction of sp³-hybridized carbons (Fsp3) is 0.133. The Kier molecular flexibility index (Phi) is 4.69. The lowest BCUT2D eigenvalue weighted by Gasteiger charge is -2.21. The molecule has 25 heavy (non-hydrogen) atoms. The molecule has 130 valence electrons. The van der Waals surface area contributed by atoms with Crippen LogP contribution in [0.25, 0.3) is 0 Å². The quantitative estimate of drug-likeness (QED) is 0.565. The predicted octanol–water partition coefficient (Wildman–Crippen LogP) is 2.45. The Hall–Kier alpha value is -3.48. The lowest BCUT2D eigenvalue weighted by molar-refractivity contribution is -0.192. The Morgan fingerprint density at radius 3 is 2.48 bits per heavy atom. The molecular formula is C15H11F3N4O3. The number of aromatic nitrogens is 1. The van der Waals surface area contributed by atoms with Crippen molar-refractivity contribution in [2.75, 3.05) is 11.5 Å². The molecule has 0 radical (unpaired) electrons. The highest BCUT2D eigenvalue weighted by atomic mass is 19.4. The number of nitriles is 1. The van der Waals surface area contributed by atoms with Gasteiger partial charge in [0.1, 0.15) is 23.2 Å². The second kappa shape index (κ2) is 6.56. The number of carbonyl (C=O) groups is 1. The van der Waals surface area contributed by atoms with Gasteiger partial charge in [-0.3, -0.25) is 0 Å². The van der Waals surface area contributed by atoms with Crippen molar-refractivity contribution in [1.29, 1.82) is 5.26 Å². The Bertz CT molecular complexity index is 876. The number of hydrogen-bond donors (Lipinski definition) is 3. The molecule has 10 heteroatoms. The molecule has 0 unspecified atom stereocenters. The van der Waals surface area contributed by atoms with E-state index in [0.29, 0.717) is 18.0 Å². The Morgan fingerprint density at radius 1 is 1.32 bits per heavy atom. The highest BCUT2D eigenvalue weighted by Gasteiger charge is 2.38. The first-order valence-electron chi connectivity index (χ1n) is 6.69. The van der Waals surface area contributed by atoms with Crippen LogP contribution in [-0.2, 0) is 11.2 Å². The van der Waals surface area contributed by atoms with Crippen molar-refractivity contribution in [3.63, 3.8) is 0 Å². The average Bonchev–Trinajstić information content (AvgIpc) is 2.53. The van der Waals surface area contributed by atoms with E-state index in [0.717, 1.165) is 16.9 Å². The Morgan fingerprint density at radius 2 is 1.92 bits per heavy atom. The Labute approximate surface area is 139 Å². The second-order valence-corrected chi connectivity index (χ2v) is 4.87. The van der Waals surface area contributed by atoms with E-state index in [4.69, 9.17) is 31.4 Å². The molecule has 3 rings (SSSR count). The van der Waals surface area contributed by atoms with Gasteiger partial charge in [-0.15, -0.1) is 0 Å². The minimum atomic E-state index is -5.08. The first-order valence-corrected chi connectivity index (χ1v) is 6.69. The molecule has 0 atom stereocenters. The zero-order valence-corrected chi connectivity index (χ0v) is 12.5. The van der Waals surface area contributed by atoms with Crippen molar-refractivity contribution in [3.05, 3.63) is 41.0 Å². The summed E-state index contributed by atoms with van der Waals surface area (Å²) >= 11 is 0. The molecular weight excluding hydrogens is 341 g/mol. The molecule has 0 bridgehead atoms. The number of ether oxygens (including phenoxy) is 1. The van der Waals surface area contributed by atoms with E-state index < -0.39 is 12.1 Å². The fourth-order valence-electron chi connectivity index (χ4n) is 2.05. The van der Waals surface area contributed by atoms with Gasteiger partial charge in [0.25, 0.3) is 0 Å². The van der Waals surface area contributed by atoms with E-state index in [1.807, 2.05) is 30.3 Å². The molecule has 1 aliphatic heterocycles. The van der Waals surface area contributed by atoms with Gasteiger partial charge in [-0.05, 0) is 11.6 Å². The van der Waals surface area contributed by atoms with Gasteiger partial charge in [-0.1, -0.05) is 18.2 Å². The van der Waals surface area contributed by atoms with Crippen molar-refractivity contribution in [3.8, 4) is 17.7 Å². The van der Waals surface area contributed by atoms with Gasteiger partial charge in [-0.2, -0.15) is 23.4 Å². The van der Waals surface area contributed by atoms with Crippen molar-refractivity contribution < 1.29 is 27.8 Å². The van der Waals surface area contributed by atoms with E-state index in [-0.39, 0.29) is 11.4 Å². The number of halogens is 3. The van der Waals surface area contributed by atoms with Crippen LogP contribution in [0.2, 0.25) is 0 Å².